The van der Waals surface area contributed by atoms with Gasteiger partial charge in [-0.1, -0.05) is 40.3 Å². The number of nitrogens with zero attached hydrogens (tertiary/aromatic N) is 6. The lowest BCUT2D eigenvalue weighted by Crippen LogP contribution is -2.62. The van der Waals surface area contributed by atoms with Gasteiger partial charge >= 0.3 is 12.0 Å². The third kappa shape index (κ3) is 12.3. The smallest absolute Gasteiger partial charge is 0.327 e. The number of hydrazine groups is 1. The molecule has 6 bridgehead atoms. The summed E-state index contributed by atoms with van der Waals surface area (Å²) in [6, 6.07) is 6.67. The Morgan fingerprint density at radius 2 is 1.83 bits per heavy atom. The van der Waals surface area contributed by atoms with Crippen LogP contribution in [-0.4, -0.2) is 112 Å². The number of carbonyl (C=O) groups excluding carboxylic acids is 5. The Labute approximate surface area is 414 Å². The molecule has 15 nitrogen and oxygen atoms in total. The number of cyclic esters (lactones) is 1. The van der Waals surface area contributed by atoms with E-state index in [9.17, 15) is 24.0 Å². The maximum Gasteiger partial charge on any atom is 0.327 e. The Bertz CT molecular complexity index is 2340. The first kappa shape index (κ1) is 57.1. The molecule has 4 atom stereocenters. The largest absolute Gasteiger partial charge is 0.464 e. The van der Waals surface area contributed by atoms with Gasteiger partial charge in [0.2, 0.25) is 5.91 Å². The van der Waals surface area contributed by atoms with Crippen molar-refractivity contribution in [3.05, 3.63) is 70.8 Å². The van der Waals surface area contributed by atoms with Crippen molar-refractivity contribution in [3.8, 4) is 22.5 Å². The van der Waals surface area contributed by atoms with Crippen LogP contribution in [0.1, 0.15) is 76.8 Å². The molecule has 20 heteroatoms. The Balaban J connectivity index is 0.00000363. The molecule has 0 spiro atoms. The lowest BCUT2D eigenvalue weighted by atomic mass is 9.84. The van der Waals surface area contributed by atoms with Crippen LogP contribution in [0.2, 0.25) is 0 Å². The van der Waals surface area contributed by atoms with Crippen LogP contribution in [0.5, 0.6) is 0 Å². The van der Waals surface area contributed by atoms with E-state index in [4.69, 9.17) is 19.4 Å². The molecule has 2 aliphatic heterocycles. The number of aryl methyl sites for hydroxylation is 1. The highest BCUT2D eigenvalue weighted by Gasteiger charge is 2.39. The number of esters is 1. The number of methoxy groups -OCH3 is 1. The summed E-state index contributed by atoms with van der Waals surface area (Å²) in [5.41, 5.74) is 9.13. The number of likely N-dealkylation sites (N-methyl/N-ethyl adjacent to an activating group) is 2. The topological polar surface area (TPSA) is 168 Å². The third-order valence-corrected chi connectivity index (χ3v) is 12.4. The number of hydrogen-bond acceptors (Lipinski definition) is 11. The van der Waals surface area contributed by atoms with Crippen molar-refractivity contribution in [3.63, 3.8) is 0 Å². The number of thiazole rings is 1. The average Bonchev–Trinajstić information content (AvgIpc) is 3.84. The molecule has 0 aliphatic carbocycles. The lowest BCUT2D eigenvalue weighted by Gasteiger charge is -2.36. The van der Waals surface area contributed by atoms with Crippen molar-refractivity contribution >= 4 is 106 Å². The SMILES string of the molecule is C=CC(=O)N(C)C(=O)N(C)[C@H](C(=O)N[C@H]1Cc2nc(cs2)-c2ccc3c(c2)c(c(-c2cccnc2[C@H](C)OC)n3CC)CC(C)(C)COC(=O)[C@@H]2CCCN(N2)C1=O)C(C)C.S.S.S.S. The van der Waals surface area contributed by atoms with E-state index in [0.29, 0.717) is 37.4 Å². The van der Waals surface area contributed by atoms with Gasteiger partial charge in [-0.15, -0.1) is 11.3 Å². The van der Waals surface area contributed by atoms with E-state index in [1.54, 1.807) is 27.2 Å². The first-order chi connectivity index (χ1) is 29.0. The normalized spacial score (nSPS) is 18.0. The molecule has 0 unspecified atom stereocenters. The van der Waals surface area contributed by atoms with E-state index in [-0.39, 0.29) is 73.1 Å². The number of pyridine rings is 1. The van der Waals surface area contributed by atoms with Crippen LogP contribution < -0.4 is 10.7 Å². The average molecular weight is 991 g/mol. The number of amides is 5. The van der Waals surface area contributed by atoms with Crippen molar-refractivity contribution in [1.29, 1.82) is 0 Å². The minimum atomic E-state index is -1.12. The minimum absolute atomic E-state index is 0. The molecule has 2 N–H and O–H groups in total. The number of carbonyl (C=O) groups is 5. The molecule has 65 heavy (non-hydrogen) atoms. The van der Waals surface area contributed by atoms with Gasteiger partial charge in [-0.2, -0.15) is 54.0 Å². The van der Waals surface area contributed by atoms with Crippen molar-refractivity contribution < 1.29 is 33.4 Å². The summed E-state index contributed by atoms with van der Waals surface area (Å²) in [6.45, 7) is 16.4. The summed E-state index contributed by atoms with van der Waals surface area (Å²) in [4.78, 5) is 79.9. The van der Waals surface area contributed by atoms with Crippen LogP contribution >= 0.6 is 65.3 Å². The summed E-state index contributed by atoms with van der Waals surface area (Å²) in [6.07, 6.45) is 4.12. The van der Waals surface area contributed by atoms with E-state index >= 15 is 0 Å². The van der Waals surface area contributed by atoms with Crippen molar-refractivity contribution in [2.24, 2.45) is 11.3 Å². The molecule has 0 radical (unpaired) electrons. The van der Waals surface area contributed by atoms with Crippen molar-refractivity contribution in [2.75, 3.05) is 34.4 Å². The van der Waals surface area contributed by atoms with Crippen LogP contribution in [0.4, 0.5) is 4.79 Å². The molecule has 3 aromatic heterocycles. The van der Waals surface area contributed by atoms with Crippen LogP contribution in [0, 0.1) is 11.3 Å². The second-order valence-corrected chi connectivity index (χ2v) is 17.9. The highest BCUT2D eigenvalue weighted by atomic mass is 32.1. The summed E-state index contributed by atoms with van der Waals surface area (Å²) >= 11 is 1.38. The Morgan fingerprint density at radius 1 is 1.12 bits per heavy atom. The minimum Gasteiger partial charge on any atom is -0.464 e. The quantitative estimate of drug-likeness (QED) is 0.142. The number of imide groups is 1. The summed E-state index contributed by atoms with van der Waals surface area (Å²) in [5.74, 6) is -2.53. The van der Waals surface area contributed by atoms with E-state index in [1.165, 1.54) is 35.3 Å². The fourth-order valence-corrected chi connectivity index (χ4v) is 9.18. The summed E-state index contributed by atoms with van der Waals surface area (Å²) in [5, 5.41) is 7.89. The van der Waals surface area contributed by atoms with E-state index in [0.717, 1.165) is 55.7 Å². The van der Waals surface area contributed by atoms with Crippen LogP contribution in [-0.2, 0) is 48.0 Å². The van der Waals surface area contributed by atoms with Gasteiger partial charge in [0.1, 0.15) is 18.1 Å². The molecule has 1 aromatic carbocycles. The standard InChI is InChI=1S/C45H58N8O7S.4H2S/c1-11-37(54)50(8)44(58)51(9)39(26(3)4)41(55)48-33-22-36-47-34(24-61-36)28-17-18-35-30(21-28)31(40(52(35)12-2)29-15-13-19-46-38(29)27(5)59-10)23-45(6,7)25-60-43(57)32-16-14-20-53(49-32)42(33)56;;;;/h11,13,15,17-19,21,24,26-27,32-33,39,49H,1,12,14,16,20,22-23,25H2,2-10H3,(H,48,55);4*1H2/t27-,32-,33-,39-;;;;/m0..../s1. The molecule has 5 amide bonds. The second-order valence-electron chi connectivity index (χ2n) is 17.0. The molecule has 2 aliphatic rings. The molecular weight excluding hydrogens is 925 g/mol. The zero-order valence-electron chi connectivity index (χ0n) is 38.6. The Morgan fingerprint density at radius 3 is 2.48 bits per heavy atom. The van der Waals surface area contributed by atoms with Gasteiger partial charge in [0.15, 0.2) is 0 Å². The highest BCUT2D eigenvalue weighted by Crippen LogP contribution is 2.42. The Kier molecular flexibility index (Phi) is 21.2. The second kappa shape index (κ2) is 24.1. The number of aromatic nitrogens is 3. The number of benzene rings is 1. The fraction of sp³-hybridized carbons (Fsp3) is 0.489. The summed E-state index contributed by atoms with van der Waals surface area (Å²) < 4.78 is 14.2. The lowest BCUT2D eigenvalue weighted by molar-refractivity contribution is -0.155. The Hall–Kier alpha value is -4.05. The maximum absolute atomic E-state index is 14.5. The predicted molar refractivity (Wildman–Crippen MR) is 276 cm³/mol. The number of hydrogen-bond donors (Lipinski definition) is 2. The number of urea groups is 1. The van der Waals surface area contributed by atoms with Crippen molar-refractivity contribution in [2.45, 2.75) is 98.0 Å². The van der Waals surface area contributed by atoms with Gasteiger partial charge in [-0.25, -0.2) is 15.2 Å². The number of ether oxygens (including phenoxy) is 2. The molecule has 6 rings (SSSR count). The van der Waals surface area contributed by atoms with Gasteiger partial charge in [0.05, 0.1) is 34.8 Å². The van der Waals surface area contributed by atoms with Crippen LogP contribution in [0.3, 0.4) is 0 Å². The fourth-order valence-electron chi connectivity index (χ4n) is 8.33. The number of rotatable bonds is 9. The monoisotopic (exact) mass is 990 g/mol. The molecular formula is C45H66N8O7S5. The van der Waals surface area contributed by atoms with Gasteiger partial charge in [-0.05, 0) is 74.9 Å². The van der Waals surface area contributed by atoms with Crippen molar-refractivity contribution in [1.82, 2.24) is 40.1 Å². The highest BCUT2D eigenvalue weighted by molar-refractivity contribution is 7.59. The van der Waals surface area contributed by atoms with E-state index in [1.807, 2.05) is 24.4 Å². The van der Waals surface area contributed by atoms with Gasteiger partial charge in [0, 0.05) is 79.7 Å². The van der Waals surface area contributed by atoms with Gasteiger partial charge in [-0.3, -0.25) is 34.1 Å². The zero-order valence-corrected chi connectivity index (χ0v) is 43.4. The number of fused-ring (bicyclic) bond motifs is 6. The van der Waals surface area contributed by atoms with E-state index < -0.39 is 59.2 Å². The zero-order chi connectivity index (χ0) is 44.3. The third-order valence-electron chi connectivity index (χ3n) is 11.6. The molecule has 1 fully saturated rings. The first-order valence-electron chi connectivity index (χ1n) is 20.8. The van der Waals surface area contributed by atoms with E-state index in [2.05, 4.69) is 60.9 Å². The van der Waals surface area contributed by atoms with Crippen LogP contribution in [0.25, 0.3) is 33.4 Å². The molecule has 4 aromatic rings. The maximum atomic E-state index is 14.5. The van der Waals surface area contributed by atoms with Gasteiger partial charge in [0.25, 0.3) is 11.8 Å². The summed E-state index contributed by atoms with van der Waals surface area (Å²) in [7, 11) is 4.43. The molecule has 1 saturated heterocycles. The molecule has 0 saturated carbocycles. The number of nitrogens with one attached hydrogen (secondary N) is 2. The molecule has 358 valence electrons. The van der Waals surface area contributed by atoms with Crippen LogP contribution in [0.15, 0.2) is 54.6 Å². The first-order valence-corrected chi connectivity index (χ1v) is 21.7. The predicted octanol–water partition coefficient (Wildman–Crippen LogP) is 6.37. The van der Waals surface area contributed by atoms with Gasteiger partial charge < -0.3 is 24.3 Å². The molecule has 5 heterocycles.